The smallest absolute Gasteiger partial charge is 0.313 e. The molecule has 4 aliphatic carbocycles. The number of rotatable bonds is 10. The van der Waals surface area contributed by atoms with E-state index in [1.807, 2.05) is 30.3 Å². The molecule has 13 nitrogen and oxygen atoms in total. The number of carbonyl (C=O) groups is 5. The third-order valence-electron chi connectivity index (χ3n) is 14.1. The number of esters is 2. The number of fused-ring (bicyclic) bond motifs is 5. The van der Waals surface area contributed by atoms with Gasteiger partial charge in [0.05, 0.1) is 52.6 Å². The molecular weight excluding hydrogens is 799 g/mol. The van der Waals surface area contributed by atoms with Crippen molar-refractivity contribution in [2.24, 2.45) is 35.0 Å². The van der Waals surface area contributed by atoms with Gasteiger partial charge >= 0.3 is 11.9 Å². The lowest BCUT2D eigenvalue weighted by Crippen LogP contribution is -2.47. The molecule has 0 unspecified atom stereocenters. The van der Waals surface area contributed by atoms with Gasteiger partial charge in [-0.25, -0.2) is 13.4 Å². The van der Waals surface area contributed by atoms with Crippen LogP contribution in [0.3, 0.4) is 0 Å². The molecule has 3 heterocycles. The molecule has 2 aromatic rings. The number of nitrogens with one attached hydrogen (secondary N) is 1. The second-order valence-corrected chi connectivity index (χ2v) is 20.6. The number of carbonyl (C=O) groups excluding carboxylic acids is 5. The average Bonchev–Trinajstić information content (AvgIpc) is 4.02. The number of Topliss-reactive ketones (excluding diaryl/α,β-unsaturated/α-hetero) is 1. The number of allylic oxidation sites excluding steroid dienone is 3. The number of aromatic nitrogens is 1. The van der Waals surface area contributed by atoms with E-state index in [-0.39, 0.29) is 62.0 Å². The van der Waals surface area contributed by atoms with Crippen molar-refractivity contribution >= 4 is 50.5 Å². The van der Waals surface area contributed by atoms with Crippen LogP contribution in [0.25, 0.3) is 10.9 Å². The van der Waals surface area contributed by atoms with Gasteiger partial charge in [0.15, 0.2) is 5.78 Å². The molecule has 1 aromatic carbocycles. The number of amides is 2. The zero-order chi connectivity index (χ0) is 43.1. The van der Waals surface area contributed by atoms with E-state index < -0.39 is 74.2 Å². The average molecular weight is 858 g/mol. The largest absolute Gasteiger partial charge is 0.472 e. The van der Waals surface area contributed by atoms with Gasteiger partial charge in [0.1, 0.15) is 18.0 Å². The van der Waals surface area contributed by atoms with Gasteiger partial charge in [0.2, 0.25) is 27.7 Å². The second kappa shape index (κ2) is 17.6. The highest BCUT2D eigenvalue weighted by Gasteiger charge is 2.61. The van der Waals surface area contributed by atoms with Crippen molar-refractivity contribution in [3.63, 3.8) is 0 Å². The molecule has 1 N–H and O–H groups in total. The molecule has 1 saturated heterocycles. The number of hydrogen-bond donors (Lipinski definition) is 1. The maximum Gasteiger partial charge on any atom is 0.313 e. The minimum absolute atomic E-state index is 0.00322. The highest BCUT2D eigenvalue weighted by Crippen LogP contribution is 2.57. The van der Waals surface area contributed by atoms with Crippen LogP contribution in [-0.2, 0) is 45.2 Å². The first kappa shape index (κ1) is 43.1. The van der Waals surface area contributed by atoms with Crippen LogP contribution in [0.15, 0.2) is 49.1 Å². The van der Waals surface area contributed by atoms with Crippen LogP contribution in [-0.4, -0.2) is 77.9 Å². The maximum atomic E-state index is 15.1. The Morgan fingerprint density at radius 2 is 1.75 bits per heavy atom. The van der Waals surface area contributed by atoms with Crippen LogP contribution < -0.4 is 14.2 Å². The van der Waals surface area contributed by atoms with E-state index in [1.54, 1.807) is 19.9 Å². The van der Waals surface area contributed by atoms with E-state index in [2.05, 4.69) is 17.4 Å². The molecule has 7 atom stereocenters. The van der Waals surface area contributed by atoms with Gasteiger partial charge in [-0.15, -0.1) is 6.58 Å². The van der Waals surface area contributed by atoms with E-state index in [4.69, 9.17) is 19.2 Å². The second-order valence-electron chi connectivity index (χ2n) is 18.6. The SMILES string of the molecule is C=C[C@@H]1C[C@]1(CC(=O)[C@@H]1C[C@@H]2CN1C(=O)[C@H](C1CCCC1)CC(=O)O[C@@H]1CCC[C@H]1CC/C=C/Cc1c(nc3ccccc3c1OC(=O)C(C)C)O2)C(=O)NS(=O)(=O)C1CC1. The van der Waals surface area contributed by atoms with Crippen LogP contribution in [0.4, 0.5) is 0 Å². The maximum absolute atomic E-state index is 15.1. The van der Waals surface area contributed by atoms with Crippen molar-refractivity contribution in [2.45, 2.75) is 140 Å². The third kappa shape index (κ3) is 9.15. The first-order valence-electron chi connectivity index (χ1n) is 22.4. The van der Waals surface area contributed by atoms with Crippen molar-refractivity contribution in [1.82, 2.24) is 14.6 Å². The number of sulfonamides is 1. The lowest BCUT2D eigenvalue weighted by molar-refractivity contribution is -0.156. The summed E-state index contributed by atoms with van der Waals surface area (Å²) in [5, 5.41) is 0.0239. The van der Waals surface area contributed by atoms with Gasteiger partial charge < -0.3 is 19.1 Å². The summed E-state index contributed by atoms with van der Waals surface area (Å²) >= 11 is 0. The predicted octanol–water partition coefficient (Wildman–Crippen LogP) is 6.71. The van der Waals surface area contributed by atoms with Crippen LogP contribution in [0.1, 0.15) is 116 Å². The number of nitrogens with zero attached hydrogens (tertiary/aromatic N) is 2. The monoisotopic (exact) mass is 857 g/mol. The number of pyridine rings is 1. The van der Waals surface area contributed by atoms with Gasteiger partial charge in [0, 0.05) is 18.2 Å². The standard InChI is InChI=1S/C47H59N3O10S/c1-4-31-25-47(31,46(55)49-61(56,57)33-21-22-33)26-39(51)38-23-32-27-50(38)44(53)36(29-13-8-9-14-29)24-41(52)59-40-20-12-16-30(40)15-6-5-7-18-35-42(60-45(54)28(2)3)34-17-10-11-19-37(34)48-43(35)58-32/h4-5,7,10-11,17,19,28-33,36,38,40H,1,6,8-9,12-16,18,20-27H2,2-3H3,(H,49,55)/b7-5+/t30-,31-,32-,36+,38+,40-,47-/m1/s1. The third-order valence-corrected chi connectivity index (χ3v) is 15.9. The van der Waals surface area contributed by atoms with Crippen molar-refractivity contribution in [3.05, 3.63) is 54.6 Å². The van der Waals surface area contributed by atoms with Crippen molar-refractivity contribution < 1.29 is 46.6 Å². The van der Waals surface area contributed by atoms with Gasteiger partial charge in [-0.2, -0.15) is 0 Å². The highest BCUT2D eigenvalue weighted by molar-refractivity contribution is 7.90. The molecule has 4 saturated carbocycles. The molecule has 8 rings (SSSR count). The molecule has 0 spiro atoms. The fraction of sp³-hybridized carbons (Fsp3) is 0.617. The molecule has 2 aliphatic heterocycles. The number of para-hydroxylation sites is 1. The Bertz CT molecular complexity index is 2210. The van der Waals surface area contributed by atoms with Gasteiger partial charge in [-0.1, -0.05) is 57.0 Å². The summed E-state index contributed by atoms with van der Waals surface area (Å²) in [5.74, 6) is -3.12. The Kier molecular flexibility index (Phi) is 12.5. The molecule has 14 heteroatoms. The number of hydrogen-bond acceptors (Lipinski definition) is 11. The van der Waals surface area contributed by atoms with Crippen molar-refractivity contribution in [1.29, 1.82) is 0 Å². The number of ether oxygens (including phenoxy) is 3. The molecule has 6 aliphatic rings. The molecule has 0 radical (unpaired) electrons. The molecular formula is C47H59N3O10S. The Labute approximate surface area is 358 Å². The van der Waals surface area contributed by atoms with E-state index >= 15 is 4.79 Å². The van der Waals surface area contributed by atoms with Gasteiger partial charge in [-0.05, 0) is 101 Å². The van der Waals surface area contributed by atoms with Crippen molar-refractivity contribution in [3.8, 4) is 11.6 Å². The van der Waals surface area contributed by atoms with Crippen LogP contribution >= 0.6 is 0 Å². The molecule has 61 heavy (non-hydrogen) atoms. The fourth-order valence-electron chi connectivity index (χ4n) is 10.3. The van der Waals surface area contributed by atoms with Crippen LogP contribution in [0, 0.1) is 35.0 Å². The molecule has 328 valence electrons. The zero-order valence-electron chi connectivity index (χ0n) is 35.4. The van der Waals surface area contributed by atoms with Crippen molar-refractivity contribution in [2.75, 3.05) is 6.54 Å². The van der Waals surface area contributed by atoms with Gasteiger partial charge in [-0.3, -0.25) is 28.7 Å². The number of ketones is 1. The first-order valence-corrected chi connectivity index (χ1v) is 24.0. The van der Waals surface area contributed by atoms with Crippen LogP contribution in [0.5, 0.6) is 11.6 Å². The molecule has 1 aromatic heterocycles. The quantitative estimate of drug-likeness (QED) is 0.199. The van der Waals surface area contributed by atoms with Crippen LogP contribution in [0.2, 0.25) is 0 Å². The Balaban J connectivity index is 1.17. The summed E-state index contributed by atoms with van der Waals surface area (Å²) in [6, 6.07) is 6.33. The lowest BCUT2D eigenvalue weighted by Gasteiger charge is -2.31. The summed E-state index contributed by atoms with van der Waals surface area (Å²) in [6.07, 6.45) is 13.5. The Hall–Kier alpha value is -4.59. The minimum Gasteiger partial charge on any atom is -0.472 e. The summed E-state index contributed by atoms with van der Waals surface area (Å²) in [6.45, 7) is 7.40. The summed E-state index contributed by atoms with van der Waals surface area (Å²) in [7, 11) is -3.88. The minimum atomic E-state index is -3.88. The zero-order valence-corrected chi connectivity index (χ0v) is 36.2. The lowest BCUT2D eigenvalue weighted by atomic mass is 9.86. The topological polar surface area (TPSA) is 175 Å². The summed E-state index contributed by atoms with van der Waals surface area (Å²) in [5.41, 5.74) is -0.210. The fourth-order valence-corrected chi connectivity index (χ4v) is 11.6. The molecule has 2 bridgehead atoms. The molecule has 2 amide bonds. The molecule has 5 fully saturated rings. The predicted molar refractivity (Wildman–Crippen MR) is 227 cm³/mol. The van der Waals surface area contributed by atoms with E-state index in [9.17, 15) is 27.6 Å². The highest BCUT2D eigenvalue weighted by atomic mass is 32.2. The Morgan fingerprint density at radius 1 is 1.00 bits per heavy atom. The van der Waals surface area contributed by atoms with E-state index in [0.717, 1.165) is 57.8 Å². The van der Waals surface area contributed by atoms with E-state index in [0.29, 0.717) is 41.5 Å². The number of benzene rings is 1. The first-order chi connectivity index (χ1) is 29.3. The van der Waals surface area contributed by atoms with E-state index in [1.165, 1.54) is 4.90 Å². The summed E-state index contributed by atoms with van der Waals surface area (Å²) in [4.78, 5) is 77.1. The summed E-state index contributed by atoms with van der Waals surface area (Å²) < 4.78 is 47.1. The van der Waals surface area contributed by atoms with Gasteiger partial charge in [0.25, 0.3) is 0 Å². The normalized spacial score (nSPS) is 30.4. The Morgan fingerprint density at radius 3 is 2.48 bits per heavy atom.